The molecule has 1 atom stereocenters. The molecule has 1 saturated carbocycles. The summed E-state index contributed by atoms with van der Waals surface area (Å²) in [5.41, 5.74) is 6.90. The molecule has 1 saturated heterocycles. The molecule has 1 aromatic rings. The number of rotatable bonds is 4. The molecular formula is C14H23N5. The Morgan fingerprint density at radius 2 is 1.84 bits per heavy atom. The lowest BCUT2D eigenvalue weighted by molar-refractivity contribution is 0.247. The van der Waals surface area contributed by atoms with Crippen molar-refractivity contribution in [3.8, 4) is 0 Å². The monoisotopic (exact) mass is 261 g/mol. The van der Waals surface area contributed by atoms with E-state index in [0.717, 1.165) is 50.2 Å². The fraction of sp³-hybridized carbons (Fsp3) is 0.714. The smallest absolute Gasteiger partial charge is 0.225 e. The van der Waals surface area contributed by atoms with Crippen LogP contribution in [0.1, 0.15) is 25.3 Å². The van der Waals surface area contributed by atoms with E-state index in [1.54, 1.807) is 0 Å². The first-order valence-electron chi connectivity index (χ1n) is 7.28. The average molecular weight is 261 g/mol. The molecule has 19 heavy (non-hydrogen) atoms. The molecule has 0 amide bonds. The second kappa shape index (κ2) is 5.43. The van der Waals surface area contributed by atoms with Crippen molar-refractivity contribution in [2.24, 2.45) is 5.73 Å². The summed E-state index contributed by atoms with van der Waals surface area (Å²) >= 11 is 0. The predicted molar refractivity (Wildman–Crippen MR) is 76.2 cm³/mol. The molecule has 1 unspecified atom stereocenters. The van der Waals surface area contributed by atoms with Crippen LogP contribution < -0.4 is 10.6 Å². The van der Waals surface area contributed by atoms with Crippen LogP contribution in [0.2, 0.25) is 0 Å². The number of piperazine rings is 1. The van der Waals surface area contributed by atoms with E-state index >= 15 is 0 Å². The Balaban J connectivity index is 1.57. The van der Waals surface area contributed by atoms with Crippen molar-refractivity contribution >= 4 is 5.95 Å². The summed E-state index contributed by atoms with van der Waals surface area (Å²) in [6.45, 7) is 6.39. The highest BCUT2D eigenvalue weighted by Gasteiger charge is 2.31. The first-order chi connectivity index (χ1) is 9.22. The fourth-order valence-corrected chi connectivity index (χ4v) is 2.72. The topological polar surface area (TPSA) is 58.3 Å². The Labute approximate surface area is 114 Å². The Morgan fingerprint density at radius 3 is 2.37 bits per heavy atom. The van der Waals surface area contributed by atoms with Crippen molar-refractivity contribution in [2.75, 3.05) is 31.1 Å². The van der Waals surface area contributed by atoms with Gasteiger partial charge in [-0.3, -0.25) is 4.90 Å². The van der Waals surface area contributed by atoms with Crippen molar-refractivity contribution in [1.82, 2.24) is 14.9 Å². The van der Waals surface area contributed by atoms with Crippen molar-refractivity contribution in [3.05, 3.63) is 18.0 Å². The minimum atomic E-state index is 0.163. The van der Waals surface area contributed by atoms with Crippen LogP contribution >= 0.6 is 0 Å². The maximum Gasteiger partial charge on any atom is 0.225 e. The number of aromatic nitrogens is 2. The Kier molecular flexibility index (Phi) is 3.66. The Bertz CT molecular complexity index is 404. The fourth-order valence-electron chi connectivity index (χ4n) is 2.72. The molecule has 5 nitrogen and oxygen atoms in total. The maximum absolute atomic E-state index is 5.78. The van der Waals surface area contributed by atoms with Crippen LogP contribution in [0, 0.1) is 0 Å². The standard InChI is InChI=1S/C14H23N5/c1-11(15)8-12-9-16-14(17-10-12)19-6-4-18(5-7-19)13-2-3-13/h9-11,13H,2-8,15H2,1H3. The van der Waals surface area contributed by atoms with Gasteiger partial charge in [-0.25, -0.2) is 9.97 Å². The SMILES string of the molecule is CC(N)Cc1cnc(N2CCN(C3CC3)CC2)nc1. The van der Waals surface area contributed by atoms with Crippen molar-refractivity contribution in [3.63, 3.8) is 0 Å². The van der Waals surface area contributed by atoms with Crippen molar-refractivity contribution in [2.45, 2.75) is 38.3 Å². The van der Waals surface area contributed by atoms with Gasteiger partial charge in [-0.1, -0.05) is 0 Å². The van der Waals surface area contributed by atoms with Crippen molar-refractivity contribution in [1.29, 1.82) is 0 Å². The first kappa shape index (κ1) is 12.8. The van der Waals surface area contributed by atoms with Crippen molar-refractivity contribution < 1.29 is 0 Å². The third-order valence-electron chi connectivity index (χ3n) is 3.91. The Hall–Kier alpha value is -1.20. The van der Waals surface area contributed by atoms with Crippen LogP contribution in [-0.4, -0.2) is 53.1 Å². The molecule has 0 bridgehead atoms. The van der Waals surface area contributed by atoms with Gasteiger partial charge in [-0.15, -0.1) is 0 Å². The van der Waals surface area contributed by atoms with E-state index in [-0.39, 0.29) is 6.04 Å². The second-order valence-corrected chi connectivity index (χ2v) is 5.83. The zero-order valence-corrected chi connectivity index (χ0v) is 11.6. The van der Waals surface area contributed by atoms with Gasteiger partial charge >= 0.3 is 0 Å². The molecular weight excluding hydrogens is 238 g/mol. The molecule has 3 rings (SSSR count). The van der Waals surface area contributed by atoms with E-state index in [2.05, 4.69) is 19.8 Å². The van der Waals surface area contributed by atoms with Gasteiger partial charge in [0.25, 0.3) is 0 Å². The lowest BCUT2D eigenvalue weighted by Crippen LogP contribution is -2.47. The molecule has 0 aromatic carbocycles. The summed E-state index contributed by atoms with van der Waals surface area (Å²) in [4.78, 5) is 13.8. The largest absolute Gasteiger partial charge is 0.338 e. The summed E-state index contributed by atoms with van der Waals surface area (Å²) in [5.74, 6) is 0.865. The van der Waals surface area contributed by atoms with E-state index in [0.29, 0.717) is 0 Å². The zero-order chi connectivity index (χ0) is 13.2. The number of nitrogens with zero attached hydrogens (tertiary/aromatic N) is 4. The van der Waals surface area contributed by atoms with Crippen LogP contribution in [-0.2, 0) is 6.42 Å². The van der Waals surface area contributed by atoms with Gasteiger partial charge in [0.2, 0.25) is 5.95 Å². The second-order valence-electron chi connectivity index (χ2n) is 5.83. The third-order valence-corrected chi connectivity index (χ3v) is 3.91. The predicted octanol–water partition coefficient (Wildman–Crippen LogP) is 0.651. The van der Waals surface area contributed by atoms with E-state index < -0.39 is 0 Å². The van der Waals surface area contributed by atoms with Gasteiger partial charge in [0, 0.05) is 50.7 Å². The highest BCUT2D eigenvalue weighted by Crippen LogP contribution is 2.27. The summed E-state index contributed by atoms with van der Waals surface area (Å²) < 4.78 is 0. The molecule has 1 aliphatic heterocycles. The van der Waals surface area contributed by atoms with Gasteiger partial charge in [0.1, 0.15) is 0 Å². The lowest BCUT2D eigenvalue weighted by atomic mass is 10.1. The summed E-state index contributed by atoms with van der Waals surface area (Å²) in [6, 6.07) is 1.04. The Morgan fingerprint density at radius 1 is 1.21 bits per heavy atom. The van der Waals surface area contributed by atoms with E-state index in [4.69, 9.17) is 5.73 Å². The van der Waals surface area contributed by atoms with E-state index in [1.807, 2.05) is 19.3 Å². The number of anilines is 1. The quantitative estimate of drug-likeness (QED) is 0.862. The molecule has 2 aliphatic rings. The van der Waals surface area contributed by atoms with Gasteiger partial charge in [-0.05, 0) is 31.7 Å². The zero-order valence-electron chi connectivity index (χ0n) is 11.6. The highest BCUT2D eigenvalue weighted by molar-refractivity contribution is 5.31. The van der Waals surface area contributed by atoms with Crippen LogP contribution in [0.25, 0.3) is 0 Å². The minimum absolute atomic E-state index is 0.163. The van der Waals surface area contributed by atoms with Crippen LogP contribution in [0.15, 0.2) is 12.4 Å². The highest BCUT2D eigenvalue weighted by atomic mass is 15.3. The molecule has 104 valence electrons. The number of hydrogen-bond donors (Lipinski definition) is 1. The van der Waals surface area contributed by atoms with E-state index in [9.17, 15) is 0 Å². The average Bonchev–Trinajstić information content (AvgIpc) is 3.24. The maximum atomic E-state index is 5.78. The molecule has 2 fully saturated rings. The van der Waals surface area contributed by atoms with Gasteiger partial charge in [0.05, 0.1) is 0 Å². The van der Waals surface area contributed by atoms with Gasteiger partial charge in [-0.2, -0.15) is 0 Å². The lowest BCUT2D eigenvalue weighted by Gasteiger charge is -2.34. The van der Waals surface area contributed by atoms with Crippen LogP contribution in [0.4, 0.5) is 5.95 Å². The summed E-state index contributed by atoms with van der Waals surface area (Å²) in [7, 11) is 0. The van der Waals surface area contributed by atoms with Crippen LogP contribution in [0.3, 0.4) is 0 Å². The first-order valence-corrected chi connectivity index (χ1v) is 7.28. The molecule has 5 heteroatoms. The normalized spacial score (nSPS) is 22.5. The summed E-state index contributed by atoms with van der Waals surface area (Å²) in [5, 5.41) is 0. The molecule has 2 N–H and O–H groups in total. The third kappa shape index (κ3) is 3.22. The summed E-state index contributed by atoms with van der Waals surface area (Å²) in [6.07, 6.45) is 7.46. The van der Waals surface area contributed by atoms with E-state index in [1.165, 1.54) is 12.8 Å². The number of hydrogen-bond acceptors (Lipinski definition) is 5. The molecule has 2 heterocycles. The minimum Gasteiger partial charge on any atom is -0.338 e. The molecule has 0 spiro atoms. The van der Waals surface area contributed by atoms with Gasteiger partial charge < -0.3 is 10.6 Å². The molecule has 1 aliphatic carbocycles. The number of nitrogens with two attached hydrogens (primary N) is 1. The molecule has 0 radical (unpaired) electrons. The van der Waals surface area contributed by atoms with Crippen LogP contribution in [0.5, 0.6) is 0 Å². The van der Waals surface area contributed by atoms with Gasteiger partial charge in [0.15, 0.2) is 0 Å². The molecule has 1 aromatic heterocycles.